The summed E-state index contributed by atoms with van der Waals surface area (Å²) in [4.78, 5) is 26.4. The molecule has 3 aromatic carbocycles. The van der Waals surface area contributed by atoms with Gasteiger partial charge in [-0.3, -0.25) is 9.36 Å². The normalized spacial score (nSPS) is 17.3. The Morgan fingerprint density at radius 2 is 1.42 bits per heavy atom. The van der Waals surface area contributed by atoms with Gasteiger partial charge in [0.25, 0.3) is 0 Å². The molecule has 7 nitrogen and oxygen atoms in total. The van der Waals surface area contributed by atoms with Crippen LogP contribution >= 0.6 is 0 Å². The molecule has 0 bridgehead atoms. The highest BCUT2D eigenvalue weighted by atomic mass is 19.4. The highest BCUT2D eigenvalue weighted by Gasteiger charge is 2.42. The van der Waals surface area contributed by atoms with Crippen LogP contribution in [0.2, 0.25) is 0 Å². The summed E-state index contributed by atoms with van der Waals surface area (Å²) in [6.45, 7) is 0.205. The molecule has 0 radical (unpaired) electrons. The second kappa shape index (κ2) is 11.1. The Morgan fingerprint density at radius 1 is 0.837 bits per heavy atom. The molecule has 1 saturated carbocycles. The minimum absolute atomic E-state index is 0.0300. The fourth-order valence-corrected chi connectivity index (χ4v) is 5.88. The summed E-state index contributed by atoms with van der Waals surface area (Å²) in [6.07, 6.45) is -0.532. The van der Waals surface area contributed by atoms with Gasteiger partial charge in [0.05, 0.1) is 24.2 Å². The van der Waals surface area contributed by atoms with Crippen molar-refractivity contribution in [3.63, 3.8) is 0 Å². The highest BCUT2D eigenvalue weighted by molar-refractivity contribution is 5.98. The Hall–Kier alpha value is -4.86. The van der Waals surface area contributed by atoms with Crippen molar-refractivity contribution >= 4 is 11.3 Å². The minimum Gasteiger partial charge on any atom is -0.508 e. The maximum absolute atomic E-state index is 13.4. The molecule has 2 N–H and O–H groups in total. The molecule has 10 heteroatoms. The van der Waals surface area contributed by atoms with Gasteiger partial charge in [-0.2, -0.15) is 22.8 Å². The fourth-order valence-electron chi connectivity index (χ4n) is 5.88. The van der Waals surface area contributed by atoms with Crippen molar-refractivity contribution in [2.75, 3.05) is 0 Å². The molecular formula is C33H28F3N3O4. The first-order valence-corrected chi connectivity index (χ1v) is 14.0. The van der Waals surface area contributed by atoms with E-state index in [2.05, 4.69) is 5.10 Å². The molecular weight excluding hydrogens is 559 g/mol. The van der Waals surface area contributed by atoms with Crippen LogP contribution in [0.15, 0.2) is 90.0 Å². The van der Waals surface area contributed by atoms with Crippen molar-refractivity contribution in [3.8, 4) is 33.8 Å². The number of aromatic nitrogens is 3. The zero-order chi connectivity index (χ0) is 30.3. The van der Waals surface area contributed by atoms with E-state index < -0.39 is 18.0 Å². The number of hydrogen-bond acceptors (Lipinski definition) is 5. The van der Waals surface area contributed by atoms with E-state index in [1.165, 1.54) is 9.08 Å². The average molecular weight is 588 g/mol. The van der Waals surface area contributed by atoms with Crippen molar-refractivity contribution < 1.29 is 28.2 Å². The van der Waals surface area contributed by atoms with E-state index in [4.69, 9.17) is 0 Å². The third kappa shape index (κ3) is 5.64. The number of aromatic hydroxyl groups is 2. The second-order valence-corrected chi connectivity index (χ2v) is 11.0. The molecule has 6 rings (SSSR count). The molecule has 0 saturated heterocycles. The number of carbonyl (C=O) groups excluding carboxylic acids is 1. The number of halogens is 3. The summed E-state index contributed by atoms with van der Waals surface area (Å²) in [5.74, 6) is -1.69. The number of ketones is 1. The molecule has 0 aliphatic heterocycles. The number of imidazole rings is 1. The lowest BCUT2D eigenvalue weighted by Crippen LogP contribution is -2.30. The highest BCUT2D eigenvalue weighted by Crippen LogP contribution is 2.40. The first-order chi connectivity index (χ1) is 20.6. The number of fused-ring (bicyclic) bond motifs is 1. The van der Waals surface area contributed by atoms with E-state index in [-0.39, 0.29) is 55.2 Å². The number of Topliss-reactive ketones (excluding diaryl/α,β-unsaturated/α-hetero) is 1. The molecule has 2 aromatic heterocycles. The molecule has 0 unspecified atom stereocenters. The van der Waals surface area contributed by atoms with Gasteiger partial charge >= 0.3 is 11.9 Å². The summed E-state index contributed by atoms with van der Waals surface area (Å²) in [6, 6.07) is 20.1. The van der Waals surface area contributed by atoms with Gasteiger partial charge in [-0.1, -0.05) is 48.5 Å². The van der Waals surface area contributed by atoms with Crippen molar-refractivity contribution in [2.24, 2.45) is 11.8 Å². The van der Waals surface area contributed by atoms with Crippen molar-refractivity contribution in [2.45, 2.75) is 38.4 Å². The fraction of sp³-hybridized carbons (Fsp3) is 0.242. The lowest BCUT2D eigenvalue weighted by atomic mass is 9.78. The zero-order valence-electron chi connectivity index (χ0n) is 23.0. The van der Waals surface area contributed by atoms with Crippen LogP contribution in [-0.4, -0.2) is 36.4 Å². The topological polar surface area (TPSA) is 96.8 Å². The van der Waals surface area contributed by atoms with Crippen LogP contribution in [0, 0.1) is 11.8 Å². The van der Waals surface area contributed by atoms with Crippen LogP contribution in [-0.2, 0) is 6.54 Å². The van der Waals surface area contributed by atoms with Crippen molar-refractivity contribution in [1.82, 2.24) is 14.2 Å². The number of benzene rings is 3. The maximum Gasteiger partial charge on any atom is 0.391 e. The predicted molar refractivity (Wildman–Crippen MR) is 155 cm³/mol. The van der Waals surface area contributed by atoms with Crippen molar-refractivity contribution in [3.05, 3.63) is 107 Å². The van der Waals surface area contributed by atoms with Gasteiger partial charge in [-0.05, 0) is 66.6 Å². The Balaban J connectivity index is 1.29. The lowest BCUT2D eigenvalue weighted by molar-refractivity contribution is -0.183. The first-order valence-electron chi connectivity index (χ1n) is 14.0. The monoisotopic (exact) mass is 587 g/mol. The number of carbonyl (C=O) groups is 1. The molecule has 220 valence electrons. The van der Waals surface area contributed by atoms with Crippen LogP contribution in [0.5, 0.6) is 11.5 Å². The molecule has 1 aliphatic carbocycles. The molecule has 1 aliphatic rings. The van der Waals surface area contributed by atoms with Gasteiger partial charge in [0.15, 0.2) is 5.78 Å². The third-order valence-corrected chi connectivity index (χ3v) is 8.25. The number of hydrogen-bond donors (Lipinski definition) is 2. The van der Waals surface area contributed by atoms with Crippen LogP contribution in [0.3, 0.4) is 0 Å². The first kappa shape index (κ1) is 28.3. The maximum atomic E-state index is 13.4. The quantitative estimate of drug-likeness (QED) is 0.212. The van der Waals surface area contributed by atoms with Crippen LogP contribution in [0.25, 0.3) is 27.8 Å². The van der Waals surface area contributed by atoms with Gasteiger partial charge in [0.2, 0.25) is 0 Å². The van der Waals surface area contributed by atoms with Gasteiger partial charge in [0, 0.05) is 28.8 Å². The molecule has 2 heterocycles. The van der Waals surface area contributed by atoms with Gasteiger partial charge in [-0.15, -0.1) is 0 Å². The minimum atomic E-state index is -4.22. The zero-order valence-corrected chi connectivity index (χ0v) is 23.0. The van der Waals surface area contributed by atoms with E-state index in [0.29, 0.717) is 11.1 Å². The Kier molecular flexibility index (Phi) is 7.29. The van der Waals surface area contributed by atoms with E-state index in [0.717, 1.165) is 27.8 Å². The number of alkyl halides is 3. The van der Waals surface area contributed by atoms with Crippen molar-refractivity contribution in [1.29, 1.82) is 0 Å². The SMILES string of the molecule is O=C(c1ccc(Cn2cc3c(-c4ccc(O)cc4)c(-c4ccc(O)cc4)cnn3c2=O)cc1)C1CCC(C(F)(F)F)CC1. The molecule has 1 fully saturated rings. The Labute approximate surface area is 244 Å². The summed E-state index contributed by atoms with van der Waals surface area (Å²) < 4.78 is 41.9. The summed E-state index contributed by atoms with van der Waals surface area (Å²) >= 11 is 0. The van der Waals surface area contributed by atoms with Crippen LogP contribution in [0.4, 0.5) is 13.2 Å². The van der Waals surface area contributed by atoms with E-state index in [1.807, 2.05) is 0 Å². The average Bonchev–Trinajstić information content (AvgIpc) is 3.32. The summed E-state index contributed by atoms with van der Waals surface area (Å²) in [7, 11) is 0. The summed E-state index contributed by atoms with van der Waals surface area (Å²) in [5.41, 5.74) is 4.38. The van der Waals surface area contributed by atoms with Gasteiger partial charge in [-0.25, -0.2) is 4.79 Å². The predicted octanol–water partition coefficient (Wildman–Crippen LogP) is 6.84. The standard InChI is InChI=1S/C33H28F3N3O4/c34-33(35,36)25-11-5-24(6-12-25)31(42)23-3-1-20(2-4-23)18-38-19-29-30(22-9-15-27(41)16-10-22)28(17-37-39(29)32(38)43)21-7-13-26(40)14-8-21/h1-4,7-10,13-17,19,24-25,40-41H,5-6,11-12,18H2. The van der Waals surface area contributed by atoms with Crippen LogP contribution in [0.1, 0.15) is 41.6 Å². The molecule has 5 aromatic rings. The number of phenols is 2. The Morgan fingerprint density at radius 3 is 2.00 bits per heavy atom. The molecule has 0 atom stereocenters. The largest absolute Gasteiger partial charge is 0.508 e. The van der Waals surface area contributed by atoms with Gasteiger partial charge in [0.1, 0.15) is 11.5 Å². The number of phenolic OH excluding ortho intramolecular Hbond substituents is 2. The number of nitrogens with zero attached hydrogens (tertiary/aromatic N) is 3. The number of rotatable bonds is 6. The Bertz CT molecular complexity index is 1830. The third-order valence-electron chi connectivity index (χ3n) is 8.25. The smallest absolute Gasteiger partial charge is 0.391 e. The molecule has 43 heavy (non-hydrogen) atoms. The lowest BCUT2D eigenvalue weighted by Gasteiger charge is -2.29. The summed E-state index contributed by atoms with van der Waals surface area (Å²) in [5, 5.41) is 24.0. The van der Waals surface area contributed by atoms with E-state index >= 15 is 0 Å². The second-order valence-electron chi connectivity index (χ2n) is 11.0. The van der Waals surface area contributed by atoms with E-state index in [1.54, 1.807) is 85.2 Å². The van der Waals surface area contributed by atoms with Crippen LogP contribution < -0.4 is 5.69 Å². The van der Waals surface area contributed by atoms with E-state index in [9.17, 15) is 33.0 Å². The molecule has 0 spiro atoms. The van der Waals surface area contributed by atoms with Gasteiger partial charge < -0.3 is 10.2 Å². The molecule has 0 amide bonds.